The first kappa shape index (κ1) is 13.9. The number of fused-ring (bicyclic) bond motifs is 1. The van der Waals surface area contributed by atoms with E-state index in [4.69, 9.17) is 0 Å². The number of nitrogens with zero attached hydrogens (tertiary/aromatic N) is 4. The van der Waals surface area contributed by atoms with Gasteiger partial charge in [-0.05, 0) is 31.1 Å². The monoisotopic (exact) mass is 304 g/mol. The van der Waals surface area contributed by atoms with E-state index in [0.29, 0.717) is 18.9 Å². The standard InChI is InChI=1S/C16H21FN4O/c17-14-6-18-10-19-15(14)20-5-4-13(9-20)16(22)21-7-11-2-1-3-12(11)8-21/h6,10-13H,1-5,7-9H2. The van der Waals surface area contributed by atoms with Gasteiger partial charge in [-0.15, -0.1) is 0 Å². The summed E-state index contributed by atoms with van der Waals surface area (Å²) in [7, 11) is 0. The van der Waals surface area contributed by atoms with Crippen LogP contribution in [0.25, 0.3) is 0 Å². The zero-order valence-electron chi connectivity index (χ0n) is 12.6. The molecule has 0 N–H and O–H groups in total. The number of halogens is 1. The van der Waals surface area contributed by atoms with E-state index in [-0.39, 0.29) is 11.8 Å². The van der Waals surface area contributed by atoms with Gasteiger partial charge in [0.1, 0.15) is 6.33 Å². The maximum atomic E-state index is 13.8. The highest BCUT2D eigenvalue weighted by molar-refractivity contribution is 5.80. The Morgan fingerprint density at radius 2 is 1.95 bits per heavy atom. The molecule has 4 rings (SSSR count). The lowest BCUT2D eigenvalue weighted by atomic mass is 10.0. The molecule has 3 aliphatic rings. The first-order chi connectivity index (χ1) is 10.7. The number of carbonyl (C=O) groups is 1. The van der Waals surface area contributed by atoms with Crippen LogP contribution in [0.4, 0.5) is 10.2 Å². The van der Waals surface area contributed by atoms with Gasteiger partial charge in [0, 0.05) is 26.2 Å². The normalized spacial score (nSPS) is 30.9. The van der Waals surface area contributed by atoms with E-state index in [1.165, 1.54) is 31.8 Å². The molecule has 2 saturated heterocycles. The predicted octanol–water partition coefficient (Wildman–Crippen LogP) is 1.70. The third kappa shape index (κ3) is 2.34. The van der Waals surface area contributed by atoms with E-state index in [1.807, 2.05) is 4.90 Å². The molecule has 22 heavy (non-hydrogen) atoms. The second-order valence-electron chi connectivity index (χ2n) is 6.82. The van der Waals surface area contributed by atoms with Crippen molar-refractivity contribution in [3.8, 4) is 0 Å². The van der Waals surface area contributed by atoms with Crippen molar-refractivity contribution in [3.63, 3.8) is 0 Å². The van der Waals surface area contributed by atoms with Gasteiger partial charge in [0.2, 0.25) is 5.91 Å². The Hall–Kier alpha value is -1.72. The van der Waals surface area contributed by atoms with Gasteiger partial charge in [0.05, 0.1) is 12.1 Å². The molecule has 2 aliphatic heterocycles. The molecule has 3 atom stereocenters. The number of aromatic nitrogens is 2. The molecule has 1 aromatic heterocycles. The van der Waals surface area contributed by atoms with Crippen molar-refractivity contribution < 1.29 is 9.18 Å². The molecule has 3 heterocycles. The number of hydrogen-bond donors (Lipinski definition) is 0. The highest BCUT2D eigenvalue weighted by Crippen LogP contribution is 2.38. The lowest BCUT2D eigenvalue weighted by molar-refractivity contribution is -0.134. The fraction of sp³-hybridized carbons (Fsp3) is 0.688. The Kier molecular flexibility index (Phi) is 3.47. The van der Waals surface area contributed by atoms with Crippen molar-refractivity contribution in [3.05, 3.63) is 18.3 Å². The number of amides is 1. The van der Waals surface area contributed by atoms with Gasteiger partial charge in [-0.25, -0.2) is 14.4 Å². The molecule has 1 aliphatic carbocycles. The molecule has 3 unspecified atom stereocenters. The van der Waals surface area contributed by atoms with Crippen molar-refractivity contribution in [2.45, 2.75) is 25.7 Å². The third-order valence-corrected chi connectivity index (χ3v) is 5.52. The average molecular weight is 304 g/mol. The van der Waals surface area contributed by atoms with Crippen LogP contribution >= 0.6 is 0 Å². The zero-order valence-corrected chi connectivity index (χ0v) is 12.6. The quantitative estimate of drug-likeness (QED) is 0.834. The van der Waals surface area contributed by atoms with Gasteiger partial charge >= 0.3 is 0 Å². The molecule has 1 amide bonds. The zero-order chi connectivity index (χ0) is 15.1. The first-order valence-corrected chi connectivity index (χ1v) is 8.21. The third-order valence-electron chi connectivity index (χ3n) is 5.52. The van der Waals surface area contributed by atoms with Crippen molar-refractivity contribution >= 4 is 11.7 Å². The molecular formula is C16H21FN4O. The summed E-state index contributed by atoms with van der Waals surface area (Å²) in [5.74, 6) is 1.59. The number of hydrogen-bond acceptors (Lipinski definition) is 4. The lowest BCUT2D eigenvalue weighted by Crippen LogP contribution is -2.36. The van der Waals surface area contributed by atoms with Gasteiger partial charge in [-0.1, -0.05) is 6.42 Å². The summed E-state index contributed by atoms with van der Waals surface area (Å²) in [4.78, 5) is 24.3. The first-order valence-electron chi connectivity index (χ1n) is 8.21. The van der Waals surface area contributed by atoms with E-state index >= 15 is 0 Å². The van der Waals surface area contributed by atoms with Gasteiger partial charge in [0.15, 0.2) is 11.6 Å². The molecule has 5 nitrogen and oxygen atoms in total. The second-order valence-corrected chi connectivity index (χ2v) is 6.82. The van der Waals surface area contributed by atoms with Crippen LogP contribution in [0.1, 0.15) is 25.7 Å². The fourth-order valence-electron chi connectivity index (χ4n) is 4.37. The molecular weight excluding hydrogens is 283 g/mol. The average Bonchev–Trinajstić information content (AvgIpc) is 3.22. The van der Waals surface area contributed by atoms with Crippen LogP contribution in [0.15, 0.2) is 12.5 Å². The van der Waals surface area contributed by atoms with Crippen molar-refractivity contribution in [1.82, 2.24) is 14.9 Å². The Morgan fingerprint density at radius 1 is 1.18 bits per heavy atom. The van der Waals surface area contributed by atoms with Crippen LogP contribution in [0.2, 0.25) is 0 Å². The minimum atomic E-state index is -0.411. The van der Waals surface area contributed by atoms with Crippen LogP contribution in [-0.4, -0.2) is 47.0 Å². The summed E-state index contributed by atoms with van der Waals surface area (Å²) in [6.07, 6.45) is 7.19. The fourth-order valence-corrected chi connectivity index (χ4v) is 4.37. The van der Waals surface area contributed by atoms with Gasteiger partial charge in [0.25, 0.3) is 0 Å². The molecule has 0 aromatic carbocycles. The summed E-state index contributed by atoms with van der Waals surface area (Å²) in [5, 5.41) is 0. The Balaban J connectivity index is 1.40. The minimum absolute atomic E-state index is 0.0202. The molecule has 0 radical (unpaired) electrons. The highest BCUT2D eigenvalue weighted by Gasteiger charge is 2.41. The Bertz CT molecular complexity index is 569. The number of rotatable bonds is 2. The number of likely N-dealkylation sites (tertiary alicyclic amines) is 1. The molecule has 3 fully saturated rings. The van der Waals surface area contributed by atoms with Crippen molar-refractivity contribution in [1.29, 1.82) is 0 Å². The Morgan fingerprint density at radius 3 is 2.68 bits per heavy atom. The van der Waals surface area contributed by atoms with Crippen LogP contribution in [-0.2, 0) is 4.79 Å². The summed E-state index contributed by atoms with van der Waals surface area (Å²) in [6, 6.07) is 0. The SMILES string of the molecule is O=C(C1CCN(c2ncncc2F)C1)N1CC2CCCC2C1. The van der Waals surface area contributed by atoms with E-state index in [9.17, 15) is 9.18 Å². The Labute approximate surface area is 129 Å². The molecule has 1 aromatic rings. The van der Waals surface area contributed by atoms with E-state index < -0.39 is 5.82 Å². The second kappa shape index (κ2) is 5.48. The molecule has 1 saturated carbocycles. The van der Waals surface area contributed by atoms with Crippen LogP contribution in [0.5, 0.6) is 0 Å². The molecule has 6 heteroatoms. The largest absolute Gasteiger partial charge is 0.353 e. The summed E-state index contributed by atoms with van der Waals surface area (Å²) < 4.78 is 13.8. The van der Waals surface area contributed by atoms with Crippen LogP contribution in [0, 0.1) is 23.6 Å². The van der Waals surface area contributed by atoms with Crippen LogP contribution in [0.3, 0.4) is 0 Å². The summed E-state index contributed by atoms with van der Waals surface area (Å²) in [5.41, 5.74) is 0. The summed E-state index contributed by atoms with van der Waals surface area (Å²) in [6.45, 7) is 3.12. The maximum absolute atomic E-state index is 13.8. The predicted molar refractivity (Wildman–Crippen MR) is 79.7 cm³/mol. The maximum Gasteiger partial charge on any atom is 0.227 e. The number of anilines is 1. The smallest absolute Gasteiger partial charge is 0.227 e. The molecule has 118 valence electrons. The van der Waals surface area contributed by atoms with Crippen LogP contribution < -0.4 is 4.90 Å². The van der Waals surface area contributed by atoms with Gasteiger partial charge in [-0.2, -0.15) is 0 Å². The van der Waals surface area contributed by atoms with E-state index in [2.05, 4.69) is 14.9 Å². The lowest BCUT2D eigenvalue weighted by Gasteiger charge is -2.22. The molecule has 0 spiro atoms. The minimum Gasteiger partial charge on any atom is -0.353 e. The van der Waals surface area contributed by atoms with Gasteiger partial charge < -0.3 is 9.80 Å². The van der Waals surface area contributed by atoms with E-state index in [0.717, 1.165) is 31.3 Å². The van der Waals surface area contributed by atoms with Gasteiger partial charge in [-0.3, -0.25) is 4.79 Å². The van der Waals surface area contributed by atoms with Crippen molar-refractivity contribution in [2.75, 3.05) is 31.1 Å². The number of carbonyl (C=O) groups excluding carboxylic acids is 1. The topological polar surface area (TPSA) is 49.3 Å². The summed E-state index contributed by atoms with van der Waals surface area (Å²) >= 11 is 0. The van der Waals surface area contributed by atoms with E-state index in [1.54, 1.807) is 0 Å². The highest BCUT2D eigenvalue weighted by atomic mass is 19.1. The van der Waals surface area contributed by atoms with Crippen molar-refractivity contribution in [2.24, 2.45) is 17.8 Å². The molecule has 0 bridgehead atoms.